The van der Waals surface area contributed by atoms with Gasteiger partial charge in [-0.25, -0.2) is 0 Å². The van der Waals surface area contributed by atoms with Gasteiger partial charge < -0.3 is 10.3 Å². The van der Waals surface area contributed by atoms with Crippen molar-refractivity contribution in [2.24, 2.45) is 0 Å². The third-order valence-electron chi connectivity index (χ3n) is 2.48. The normalized spacial score (nSPS) is 11.0. The van der Waals surface area contributed by atoms with Gasteiger partial charge in [0, 0.05) is 17.8 Å². The second kappa shape index (κ2) is 3.84. The molecule has 0 saturated carbocycles. The number of hydrogen-bond donors (Lipinski definition) is 2. The van der Waals surface area contributed by atoms with E-state index in [-0.39, 0.29) is 0 Å². The van der Waals surface area contributed by atoms with Gasteiger partial charge in [-0.3, -0.25) is 0 Å². The van der Waals surface area contributed by atoms with Crippen LogP contribution >= 0.6 is 0 Å². The molecular weight excluding hydrogens is 172 g/mol. The Labute approximate surface area is 84.3 Å². The largest absolute Gasteiger partial charge is 0.358 e. The van der Waals surface area contributed by atoms with Gasteiger partial charge in [-0.1, -0.05) is 11.6 Å². The van der Waals surface area contributed by atoms with Gasteiger partial charge in [-0.05, 0) is 44.0 Å². The molecule has 0 atom stereocenters. The number of aromatic nitrogens is 1. The lowest BCUT2D eigenvalue weighted by Crippen LogP contribution is -2.10. The molecule has 2 rings (SSSR count). The molecule has 1 heterocycles. The maximum Gasteiger partial charge on any atom is 0.0456 e. The van der Waals surface area contributed by atoms with Gasteiger partial charge in [-0.15, -0.1) is 0 Å². The van der Waals surface area contributed by atoms with E-state index in [1.165, 1.54) is 22.2 Å². The van der Waals surface area contributed by atoms with Crippen molar-refractivity contribution in [3.63, 3.8) is 0 Å². The number of likely N-dealkylation sites (N-methyl/N-ethyl adjacent to an activating group) is 1. The van der Waals surface area contributed by atoms with Gasteiger partial charge in [0.15, 0.2) is 0 Å². The van der Waals surface area contributed by atoms with Crippen LogP contribution in [-0.4, -0.2) is 18.6 Å². The zero-order valence-electron chi connectivity index (χ0n) is 8.72. The first-order chi connectivity index (χ1) is 6.79. The molecule has 2 aromatic rings. The Kier molecular flexibility index (Phi) is 2.55. The number of benzene rings is 1. The van der Waals surface area contributed by atoms with E-state index in [9.17, 15) is 0 Å². The molecule has 74 valence electrons. The molecular formula is C12H16N2. The van der Waals surface area contributed by atoms with Crippen LogP contribution in [0.4, 0.5) is 0 Å². The minimum atomic E-state index is 1.02. The number of aryl methyl sites for hydroxylation is 1. The number of hydrogen-bond acceptors (Lipinski definition) is 1. The Morgan fingerprint density at radius 2 is 2.14 bits per heavy atom. The predicted molar refractivity (Wildman–Crippen MR) is 60.7 cm³/mol. The number of fused-ring (bicyclic) bond motifs is 1. The fourth-order valence-corrected chi connectivity index (χ4v) is 1.71. The number of H-pyrrole nitrogens is 1. The third kappa shape index (κ3) is 1.80. The van der Waals surface area contributed by atoms with Crippen LogP contribution in [0.15, 0.2) is 24.3 Å². The number of rotatable bonds is 3. The van der Waals surface area contributed by atoms with E-state index in [1.807, 2.05) is 7.05 Å². The average molecular weight is 188 g/mol. The van der Waals surface area contributed by atoms with Gasteiger partial charge >= 0.3 is 0 Å². The van der Waals surface area contributed by atoms with Gasteiger partial charge in [0.1, 0.15) is 0 Å². The highest BCUT2D eigenvalue weighted by Crippen LogP contribution is 2.16. The number of nitrogens with one attached hydrogen (secondary N) is 2. The lowest BCUT2D eigenvalue weighted by molar-refractivity contribution is 0.781. The van der Waals surface area contributed by atoms with E-state index >= 15 is 0 Å². The fourth-order valence-electron chi connectivity index (χ4n) is 1.71. The standard InChI is InChI=1S/C12H16N2/c1-9-3-4-12-10(7-9)8-11(14-12)5-6-13-2/h3-4,7-8,13-14H,5-6H2,1-2H3. The Morgan fingerprint density at radius 1 is 1.29 bits per heavy atom. The fraction of sp³-hybridized carbons (Fsp3) is 0.333. The molecule has 0 saturated heterocycles. The summed E-state index contributed by atoms with van der Waals surface area (Å²) in [5.41, 5.74) is 3.86. The molecule has 0 fully saturated rings. The maximum absolute atomic E-state index is 3.42. The Morgan fingerprint density at radius 3 is 2.93 bits per heavy atom. The second-order valence-electron chi connectivity index (χ2n) is 3.74. The molecule has 2 N–H and O–H groups in total. The van der Waals surface area contributed by atoms with Crippen molar-refractivity contribution in [1.82, 2.24) is 10.3 Å². The first-order valence-corrected chi connectivity index (χ1v) is 5.02. The van der Waals surface area contributed by atoms with E-state index in [0.717, 1.165) is 13.0 Å². The molecule has 14 heavy (non-hydrogen) atoms. The van der Waals surface area contributed by atoms with Crippen molar-refractivity contribution in [2.75, 3.05) is 13.6 Å². The van der Waals surface area contributed by atoms with E-state index in [2.05, 4.69) is 41.5 Å². The van der Waals surface area contributed by atoms with Crippen LogP contribution in [0, 0.1) is 6.92 Å². The zero-order chi connectivity index (χ0) is 9.97. The van der Waals surface area contributed by atoms with Crippen LogP contribution in [0.3, 0.4) is 0 Å². The van der Waals surface area contributed by atoms with E-state index in [0.29, 0.717) is 0 Å². The summed E-state index contributed by atoms with van der Waals surface area (Å²) in [4.78, 5) is 3.42. The maximum atomic E-state index is 3.42. The van der Waals surface area contributed by atoms with Gasteiger partial charge in [0.25, 0.3) is 0 Å². The topological polar surface area (TPSA) is 27.8 Å². The summed E-state index contributed by atoms with van der Waals surface area (Å²) in [6, 6.07) is 8.74. The second-order valence-corrected chi connectivity index (χ2v) is 3.74. The van der Waals surface area contributed by atoms with E-state index in [1.54, 1.807) is 0 Å². The summed E-state index contributed by atoms with van der Waals surface area (Å²) < 4.78 is 0. The van der Waals surface area contributed by atoms with Crippen LogP contribution in [0.5, 0.6) is 0 Å². The summed E-state index contributed by atoms with van der Waals surface area (Å²) in [5, 5.41) is 4.47. The molecule has 0 unspecified atom stereocenters. The first-order valence-electron chi connectivity index (χ1n) is 5.02. The Balaban J connectivity index is 2.32. The molecule has 0 bridgehead atoms. The molecule has 0 radical (unpaired) electrons. The predicted octanol–water partition coefficient (Wildman–Crippen LogP) is 2.24. The zero-order valence-corrected chi connectivity index (χ0v) is 8.72. The van der Waals surface area contributed by atoms with Crippen molar-refractivity contribution < 1.29 is 0 Å². The highest BCUT2D eigenvalue weighted by Gasteiger charge is 1.99. The van der Waals surface area contributed by atoms with E-state index < -0.39 is 0 Å². The molecule has 0 spiro atoms. The van der Waals surface area contributed by atoms with Crippen molar-refractivity contribution in [3.8, 4) is 0 Å². The van der Waals surface area contributed by atoms with Crippen LogP contribution in [0.1, 0.15) is 11.3 Å². The molecule has 0 aliphatic carbocycles. The highest BCUT2D eigenvalue weighted by molar-refractivity contribution is 5.81. The van der Waals surface area contributed by atoms with Crippen LogP contribution in [0.25, 0.3) is 10.9 Å². The quantitative estimate of drug-likeness (QED) is 0.759. The summed E-state index contributed by atoms with van der Waals surface area (Å²) in [5.74, 6) is 0. The van der Waals surface area contributed by atoms with Crippen molar-refractivity contribution in [1.29, 1.82) is 0 Å². The van der Waals surface area contributed by atoms with Gasteiger partial charge in [0.05, 0.1) is 0 Å². The smallest absolute Gasteiger partial charge is 0.0456 e. The van der Waals surface area contributed by atoms with Gasteiger partial charge in [0.2, 0.25) is 0 Å². The summed E-state index contributed by atoms with van der Waals surface area (Å²) in [7, 11) is 1.98. The Bertz CT molecular complexity index is 429. The van der Waals surface area contributed by atoms with Crippen LogP contribution in [-0.2, 0) is 6.42 Å². The lowest BCUT2D eigenvalue weighted by atomic mass is 10.2. The minimum Gasteiger partial charge on any atom is -0.358 e. The lowest BCUT2D eigenvalue weighted by Gasteiger charge is -1.94. The summed E-state index contributed by atoms with van der Waals surface area (Å²) >= 11 is 0. The molecule has 0 aliphatic rings. The molecule has 2 heteroatoms. The first kappa shape index (κ1) is 9.28. The number of aromatic amines is 1. The SMILES string of the molecule is CNCCc1cc2cc(C)ccc2[nH]1. The van der Waals surface area contributed by atoms with Crippen molar-refractivity contribution >= 4 is 10.9 Å². The monoisotopic (exact) mass is 188 g/mol. The summed E-state index contributed by atoms with van der Waals surface area (Å²) in [6.45, 7) is 3.14. The molecule has 2 nitrogen and oxygen atoms in total. The molecule has 0 aliphatic heterocycles. The third-order valence-corrected chi connectivity index (χ3v) is 2.48. The Hall–Kier alpha value is -1.28. The van der Waals surface area contributed by atoms with Gasteiger partial charge in [-0.2, -0.15) is 0 Å². The van der Waals surface area contributed by atoms with E-state index in [4.69, 9.17) is 0 Å². The van der Waals surface area contributed by atoms with Crippen molar-refractivity contribution in [2.45, 2.75) is 13.3 Å². The highest BCUT2D eigenvalue weighted by atomic mass is 14.8. The molecule has 0 amide bonds. The van der Waals surface area contributed by atoms with Crippen LogP contribution in [0.2, 0.25) is 0 Å². The van der Waals surface area contributed by atoms with Crippen LogP contribution < -0.4 is 5.32 Å². The average Bonchev–Trinajstić information content (AvgIpc) is 2.56. The van der Waals surface area contributed by atoms with Crippen molar-refractivity contribution in [3.05, 3.63) is 35.5 Å². The minimum absolute atomic E-state index is 1.02. The molecule has 1 aromatic heterocycles. The summed E-state index contributed by atoms with van der Waals surface area (Å²) in [6.07, 6.45) is 1.06. The molecule has 1 aromatic carbocycles.